The monoisotopic (exact) mass is 275 g/mol. The molecule has 1 saturated heterocycles. The number of rotatable bonds is 4. The van der Waals surface area contributed by atoms with Gasteiger partial charge >= 0.3 is 6.18 Å². The fourth-order valence-electron chi connectivity index (χ4n) is 2.06. The fourth-order valence-corrected chi connectivity index (χ4v) is 2.06. The van der Waals surface area contributed by atoms with Crippen molar-refractivity contribution in [3.63, 3.8) is 0 Å². The highest BCUT2D eigenvalue weighted by Crippen LogP contribution is 2.30. The third-order valence-corrected chi connectivity index (χ3v) is 3.11. The minimum atomic E-state index is -4.30. The number of nitrogens with one attached hydrogen (secondary N) is 1. The third-order valence-electron chi connectivity index (χ3n) is 3.11. The first kappa shape index (κ1) is 14.3. The van der Waals surface area contributed by atoms with Crippen molar-refractivity contribution in [2.45, 2.75) is 24.9 Å². The molecule has 3 nitrogen and oxygen atoms in total. The summed E-state index contributed by atoms with van der Waals surface area (Å²) < 4.78 is 48.1. The zero-order chi connectivity index (χ0) is 13.9. The Morgan fingerprint density at radius 2 is 1.79 bits per heavy atom. The largest absolute Gasteiger partial charge is 0.416 e. The molecule has 0 aromatic heterocycles. The Bertz CT molecular complexity index is 399. The van der Waals surface area contributed by atoms with Gasteiger partial charge in [-0.3, -0.25) is 0 Å². The summed E-state index contributed by atoms with van der Waals surface area (Å²) in [6.45, 7) is 1.13. The Morgan fingerprint density at radius 3 is 2.26 bits per heavy atom. The van der Waals surface area contributed by atoms with Crippen molar-refractivity contribution >= 4 is 0 Å². The highest BCUT2D eigenvalue weighted by Gasteiger charge is 2.30. The first-order valence-electron chi connectivity index (χ1n) is 6.08. The van der Waals surface area contributed by atoms with Gasteiger partial charge in [0.05, 0.1) is 18.8 Å². The number of benzene rings is 1. The quantitative estimate of drug-likeness (QED) is 0.916. The lowest BCUT2D eigenvalue weighted by molar-refractivity contribution is -0.137. The van der Waals surface area contributed by atoms with E-state index in [1.807, 2.05) is 0 Å². The molecule has 1 unspecified atom stereocenters. The lowest BCUT2D eigenvalue weighted by Crippen LogP contribution is -2.23. The Hall–Kier alpha value is -1.11. The van der Waals surface area contributed by atoms with E-state index in [2.05, 4.69) is 5.32 Å². The van der Waals surface area contributed by atoms with Crippen LogP contribution in [-0.2, 0) is 15.7 Å². The predicted molar refractivity (Wildman–Crippen MR) is 63.6 cm³/mol. The molecule has 2 rings (SSSR count). The normalized spacial score (nSPS) is 18.7. The van der Waals surface area contributed by atoms with E-state index in [9.17, 15) is 13.2 Å². The second-order valence-corrected chi connectivity index (χ2v) is 4.37. The van der Waals surface area contributed by atoms with E-state index in [0.717, 1.165) is 17.7 Å². The summed E-state index contributed by atoms with van der Waals surface area (Å²) in [5.74, 6) is 0. The Kier molecular flexibility index (Phi) is 4.44. The molecule has 1 atom stereocenters. The Balaban J connectivity index is 2.05. The molecular weight excluding hydrogens is 259 g/mol. The van der Waals surface area contributed by atoms with Crippen molar-refractivity contribution < 1.29 is 22.6 Å². The minimum absolute atomic E-state index is 0.0922. The second kappa shape index (κ2) is 5.90. The van der Waals surface area contributed by atoms with Crippen molar-refractivity contribution in [1.82, 2.24) is 5.32 Å². The smallest absolute Gasteiger partial charge is 0.350 e. The van der Waals surface area contributed by atoms with E-state index < -0.39 is 11.7 Å². The SMILES string of the molecule is CNC(CC1OCCO1)c1ccc(C(F)(F)F)cc1. The minimum Gasteiger partial charge on any atom is -0.350 e. The molecule has 0 bridgehead atoms. The molecule has 1 aliphatic rings. The summed E-state index contributed by atoms with van der Waals surface area (Å²) in [5.41, 5.74) is 0.147. The fraction of sp³-hybridized carbons (Fsp3) is 0.538. The maximum absolute atomic E-state index is 12.5. The molecule has 1 aromatic carbocycles. The van der Waals surface area contributed by atoms with E-state index in [1.54, 1.807) is 7.05 Å². The van der Waals surface area contributed by atoms with Gasteiger partial charge in [-0.25, -0.2) is 0 Å². The zero-order valence-corrected chi connectivity index (χ0v) is 10.5. The molecule has 1 N–H and O–H groups in total. The molecule has 19 heavy (non-hydrogen) atoms. The average molecular weight is 275 g/mol. The van der Waals surface area contributed by atoms with E-state index in [4.69, 9.17) is 9.47 Å². The van der Waals surface area contributed by atoms with Gasteiger partial charge < -0.3 is 14.8 Å². The van der Waals surface area contributed by atoms with Crippen LogP contribution < -0.4 is 5.32 Å². The van der Waals surface area contributed by atoms with Crippen molar-refractivity contribution in [1.29, 1.82) is 0 Å². The standard InChI is InChI=1S/C13H16F3NO2/c1-17-11(8-12-18-6-7-19-12)9-2-4-10(5-3-9)13(14,15)16/h2-5,11-12,17H,6-8H2,1H3. The summed E-state index contributed by atoms with van der Waals surface area (Å²) >= 11 is 0. The summed E-state index contributed by atoms with van der Waals surface area (Å²) in [6, 6.07) is 5.06. The van der Waals surface area contributed by atoms with Crippen LogP contribution in [0.3, 0.4) is 0 Å². The molecular formula is C13H16F3NO2. The van der Waals surface area contributed by atoms with Crippen molar-refractivity contribution in [3.8, 4) is 0 Å². The van der Waals surface area contributed by atoms with Crippen LogP contribution in [0.5, 0.6) is 0 Å². The van der Waals surface area contributed by atoms with Gasteiger partial charge in [-0.15, -0.1) is 0 Å². The van der Waals surface area contributed by atoms with Gasteiger partial charge in [0.25, 0.3) is 0 Å². The molecule has 106 valence electrons. The van der Waals surface area contributed by atoms with Gasteiger partial charge in [-0.1, -0.05) is 12.1 Å². The maximum Gasteiger partial charge on any atom is 0.416 e. The van der Waals surface area contributed by atoms with E-state index in [0.29, 0.717) is 19.6 Å². The maximum atomic E-state index is 12.5. The molecule has 6 heteroatoms. The average Bonchev–Trinajstić information content (AvgIpc) is 2.88. The molecule has 0 saturated carbocycles. The molecule has 1 aliphatic heterocycles. The van der Waals surface area contributed by atoms with Crippen LogP contribution in [0, 0.1) is 0 Å². The summed E-state index contributed by atoms with van der Waals surface area (Å²) in [7, 11) is 1.76. The zero-order valence-electron chi connectivity index (χ0n) is 10.5. The molecule has 1 heterocycles. The highest BCUT2D eigenvalue weighted by molar-refractivity contribution is 5.26. The van der Waals surface area contributed by atoms with E-state index >= 15 is 0 Å². The van der Waals surface area contributed by atoms with Crippen LogP contribution in [0.15, 0.2) is 24.3 Å². The van der Waals surface area contributed by atoms with Gasteiger partial charge in [0.1, 0.15) is 0 Å². The highest BCUT2D eigenvalue weighted by atomic mass is 19.4. The van der Waals surface area contributed by atoms with E-state index in [-0.39, 0.29) is 12.3 Å². The van der Waals surface area contributed by atoms with Crippen molar-refractivity contribution in [2.75, 3.05) is 20.3 Å². The number of hydrogen-bond acceptors (Lipinski definition) is 3. The van der Waals surface area contributed by atoms with Gasteiger partial charge in [0, 0.05) is 12.5 Å². The number of hydrogen-bond donors (Lipinski definition) is 1. The van der Waals surface area contributed by atoms with Crippen LogP contribution in [0.4, 0.5) is 13.2 Å². The summed E-state index contributed by atoms with van der Waals surface area (Å²) in [4.78, 5) is 0. The van der Waals surface area contributed by atoms with Gasteiger partial charge in [-0.2, -0.15) is 13.2 Å². The first-order chi connectivity index (χ1) is 9.00. The first-order valence-corrected chi connectivity index (χ1v) is 6.08. The van der Waals surface area contributed by atoms with Crippen LogP contribution in [-0.4, -0.2) is 26.6 Å². The number of halogens is 3. The van der Waals surface area contributed by atoms with Crippen LogP contribution in [0.2, 0.25) is 0 Å². The molecule has 0 spiro atoms. The Morgan fingerprint density at radius 1 is 1.21 bits per heavy atom. The summed E-state index contributed by atoms with van der Waals surface area (Å²) in [5, 5.41) is 3.06. The van der Waals surface area contributed by atoms with Gasteiger partial charge in [0.15, 0.2) is 6.29 Å². The topological polar surface area (TPSA) is 30.5 Å². The van der Waals surface area contributed by atoms with Crippen LogP contribution >= 0.6 is 0 Å². The third kappa shape index (κ3) is 3.68. The predicted octanol–water partition coefficient (Wildman–Crippen LogP) is 2.73. The molecule has 1 fully saturated rings. The van der Waals surface area contributed by atoms with Gasteiger partial charge in [0.2, 0.25) is 0 Å². The Labute approximate surface area is 109 Å². The molecule has 0 amide bonds. The summed E-state index contributed by atoms with van der Waals surface area (Å²) in [6.07, 6.45) is -4.02. The van der Waals surface area contributed by atoms with Crippen LogP contribution in [0.25, 0.3) is 0 Å². The number of alkyl halides is 3. The molecule has 1 aromatic rings. The lowest BCUT2D eigenvalue weighted by atomic mass is 10.0. The van der Waals surface area contributed by atoms with Crippen molar-refractivity contribution in [3.05, 3.63) is 35.4 Å². The molecule has 0 aliphatic carbocycles. The number of ether oxygens (including phenoxy) is 2. The second-order valence-electron chi connectivity index (χ2n) is 4.37. The van der Waals surface area contributed by atoms with Gasteiger partial charge in [-0.05, 0) is 24.7 Å². The van der Waals surface area contributed by atoms with E-state index in [1.165, 1.54) is 12.1 Å². The lowest BCUT2D eigenvalue weighted by Gasteiger charge is -2.20. The molecule has 0 radical (unpaired) electrons. The van der Waals surface area contributed by atoms with Crippen LogP contribution in [0.1, 0.15) is 23.6 Å². The van der Waals surface area contributed by atoms with Crippen molar-refractivity contribution in [2.24, 2.45) is 0 Å².